The molecule has 0 spiro atoms. The van der Waals surface area contributed by atoms with Crippen LogP contribution in [0.5, 0.6) is 0 Å². The van der Waals surface area contributed by atoms with Gasteiger partial charge in [0, 0.05) is 36.7 Å². The van der Waals surface area contributed by atoms with Crippen LogP contribution in [0, 0.1) is 0 Å². The predicted molar refractivity (Wildman–Crippen MR) is 62.9 cm³/mol. The fourth-order valence-electron chi connectivity index (χ4n) is 1.68. The fraction of sp³-hybridized carbons (Fsp3) is 0.333. The van der Waals surface area contributed by atoms with Gasteiger partial charge in [-0.3, -0.25) is 0 Å². The van der Waals surface area contributed by atoms with Gasteiger partial charge in [-0.1, -0.05) is 0 Å². The van der Waals surface area contributed by atoms with E-state index in [1.165, 1.54) is 5.69 Å². The van der Waals surface area contributed by atoms with Gasteiger partial charge in [-0.05, 0) is 25.1 Å². The molecule has 0 aromatic carbocycles. The lowest BCUT2D eigenvalue weighted by Crippen LogP contribution is -2.20. The molecule has 4 nitrogen and oxygen atoms in total. The van der Waals surface area contributed by atoms with Gasteiger partial charge in [-0.15, -0.1) is 0 Å². The molecule has 84 valence electrons. The van der Waals surface area contributed by atoms with Gasteiger partial charge in [0.25, 0.3) is 0 Å². The maximum absolute atomic E-state index is 5.80. The monoisotopic (exact) mass is 216 g/mol. The van der Waals surface area contributed by atoms with E-state index in [4.69, 9.17) is 5.73 Å². The number of aromatic nitrogens is 3. The van der Waals surface area contributed by atoms with Crippen molar-refractivity contribution in [2.45, 2.75) is 25.9 Å². The molecule has 0 radical (unpaired) electrons. The summed E-state index contributed by atoms with van der Waals surface area (Å²) < 4.78 is 2.14. The Morgan fingerprint density at radius 3 is 2.75 bits per heavy atom. The van der Waals surface area contributed by atoms with Crippen molar-refractivity contribution in [3.63, 3.8) is 0 Å². The quantitative estimate of drug-likeness (QED) is 0.836. The Kier molecular flexibility index (Phi) is 3.31. The first-order valence-corrected chi connectivity index (χ1v) is 5.41. The molecule has 2 aromatic heterocycles. The summed E-state index contributed by atoms with van der Waals surface area (Å²) in [6, 6.07) is 6.11. The van der Waals surface area contributed by atoms with Crippen LogP contribution in [0.2, 0.25) is 0 Å². The number of hydrogen-bond donors (Lipinski definition) is 1. The molecule has 1 unspecified atom stereocenters. The third kappa shape index (κ3) is 2.67. The molecule has 16 heavy (non-hydrogen) atoms. The smallest absolute Gasteiger partial charge is 0.147 e. The van der Waals surface area contributed by atoms with E-state index in [0.29, 0.717) is 6.54 Å². The number of rotatable bonds is 4. The number of hydrogen-bond acceptors (Lipinski definition) is 3. The van der Waals surface area contributed by atoms with E-state index >= 15 is 0 Å². The van der Waals surface area contributed by atoms with E-state index in [9.17, 15) is 0 Å². The fourth-order valence-corrected chi connectivity index (χ4v) is 1.68. The SMILES string of the molecule is CC(N)Cc1cccn1Cc1ncccn1. The molecule has 0 bridgehead atoms. The molecular formula is C12H16N4. The molecule has 2 rings (SSSR count). The van der Waals surface area contributed by atoms with Crippen molar-refractivity contribution in [1.29, 1.82) is 0 Å². The molecule has 2 heterocycles. The second-order valence-corrected chi connectivity index (χ2v) is 3.97. The maximum Gasteiger partial charge on any atom is 0.147 e. The summed E-state index contributed by atoms with van der Waals surface area (Å²) in [7, 11) is 0. The second-order valence-electron chi connectivity index (χ2n) is 3.97. The third-order valence-corrected chi connectivity index (χ3v) is 2.39. The van der Waals surface area contributed by atoms with Crippen molar-refractivity contribution in [2.24, 2.45) is 5.73 Å². The van der Waals surface area contributed by atoms with Crippen LogP contribution in [0.4, 0.5) is 0 Å². The Morgan fingerprint density at radius 1 is 1.31 bits per heavy atom. The molecule has 0 amide bonds. The molecule has 0 aliphatic carbocycles. The van der Waals surface area contributed by atoms with Crippen molar-refractivity contribution in [2.75, 3.05) is 0 Å². The van der Waals surface area contributed by atoms with Crippen LogP contribution in [0.25, 0.3) is 0 Å². The van der Waals surface area contributed by atoms with Crippen LogP contribution in [0.3, 0.4) is 0 Å². The van der Waals surface area contributed by atoms with Crippen molar-refractivity contribution < 1.29 is 0 Å². The van der Waals surface area contributed by atoms with Crippen LogP contribution in [0.1, 0.15) is 18.4 Å². The first kappa shape index (κ1) is 10.8. The Balaban J connectivity index is 2.13. The lowest BCUT2D eigenvalue weighted by atomic mass is 10.2. The molecule has 1 atom stereocenters. The topological polar surface area (TPSA) is 56.7 Å². The lowest BCUT2D eigenvalue weighted by Gasteiger charge is -2.10. The van der Waals surface area contributed by atoms with Gasteiger partial charge in [-0.25, -0.2) is 9.97 Å². The highest BCUT2D eigenvalue weighted by Gasteiger charge is 2.05. The average Bonchev–Trinajstić information content (AvgIpc) is 2.66. The summed E-state index contributed by atoms with van der Waals surface area (Å²) in [5.41, 5.74) is 7.03. The minimum Gasteiger partial charge on any atom is -0.344 e. The van der Waals surface area contributed by atoms with Gasteiger partial charge in [0.1, 0.15) is 5.82 Å². The highest BCUT2D eigenvalue weighted by atomic mass is 15.0. The van der Waals surface area contributed by atoms with Crippen molar-refractivity contribution in [3.05, 3.63) is 48.3 Å². The van der Waals surface area contributed by atoms with Gasteiger partial charge >= 0.3 is 0 Å². The molecule has 2 aromatic rings. The first-order valence-electron chi connectivity index (χ1n) is 5.41. The first-order chi connectivity index (χ1) is 7.75. The van der Waals surface area contributed by atoms with E-state index in [-0.39, 0.29) is 6.04 Å². The molecule has 0 saturated heterocycles. The lowest BCUT2D eigenvalue weighted by molar-refractivity contribution is 0.651. The van der Waals surface area contributed by atoms with Crippen LogP contribution in [-0.4, -0.2) is 20.6 Å². The summed E-state index contributed by atoms with van der Waals surface area (Å²) in [5, 5.41) is 0. The maximum atomic E-state index is 5.80. The largest absolute Gasteiger partial charge is 0.344 e. The zero-order valence-corrected chi connectivity index (χ0v) is 9.37. The standard InChI is InChI=1S/C12H16N4/c1-10(13)8-11-4-2-7-16(11)9-12-14-5-3-6-15-12/h2-7,10H,8-9,13H2,1H3. The van der Waals surface area contributed by atoms with Gasteiger partial charge in [-0.2, -0.15) is 0 Å². The van der Waals surface area contributed by atoms with Gasteiger partial charge in [0.2, 0.25) is 0 Å². The van der Waals surface area contributed by atoms with Crippen LogP contribution >= 0.6 is 0 Å². The van der Waals surface area contributed by atoms with Crippen molar-refractivity contribution >= 4 is 0 Å². The Bertz CT molecular complexity index is 433. The van der Waals surface area contributed by atoms with Crippen molar-refractivity contribution in [3.8, 4) is 0 Å². The average molecular weight is 216 g/mol. The predicted octanol–water partition coefficient (Wildman–Crippen LogP) is 1.22. The van der Waals surface area contributed by atoms with Gasteiger partial charge in [0.05, 0.1) is 6.54 Å². The normalized spacial score (nSPS) is 12.6. The Labute approximate surface area is 95.1 Å². The second kappa shape index (κ2) is 4.90. The minimum atomic E-state index is 0.172. The molecule has 2 N–H and O–H groups in total. The summed E-state index contributed by atoms with van der Waals surface area (Å²) in [6.45, 7) is 2.71. The van der Waals surface area contributed by atoms with Crippen LogP contribution in [-0.2, 0) is 13.0 Å². The van der Waals surface area contributed by atoms with Gasteiger partial charge < -0.3 is 10.3 Å². The third-order valence-electron chi connectivity index (χ3n) is 2.39. The van der Waals surface area contributed by atoms with Crippen LogP contribution in [0.15, 0.2) is 36.8 Å². The summed E-state index contributed by atoms with van der Waals surface area (Å²) in [4.78, 5) is 8.42. The van der Waals surface area contributed by atoms with Crippen molar-refractivity contribution in [1.82, 2.24) is 14.5 Å². The summed E-state index contributed by atoms with van der Waals surface area (Å²) >= 11 is 0. The molecular weight excluding hydrogens is 200 g/mol. The highest BCUT2D eigenvalue weighted by molar-refractivity contribution is 5.10. The Hall–Kier alpha value is -1.68. The summed E-state index contributed by atoms with van der Waals surface area (Å²) in [5.74, 6) is 0.824. The van der Waals surface area contributed by atoms with E-state index in [2.05, 4.69) is 20.6 Å². The zero-order chi connectivity index (χ0) is 11.4. The molecule has 4 heteroatoms. The summed E-state index contributed by atoms with van der Waals surface area (Å²) in [6.07, 6.45) is 6.43. The van der Waals surface area contributed by atoms with E-state index < -0.39 is 0 Å². The molecule has 0 aliphatic heterocycles. The van der Waals surface area contributed by atoms with Gasteiger partial charge in [0.15, 0.2) is 0 Å². The number of nitrogens with zero attached hydrogens (tertiary/aromatic N) is 3. The van der Waals surface area contributed by atoms with E-state index in [1.54, 1.807) is 12.4 Å². The highest BCUT2D eigenvalue weighted by Crippen LogP contribution is 2.06. The molecule has 0 aliphatic rings. The van der Waals surface area contributed by atoms with E-state index in [0.717, 1.165) is 12.2 Å². The number of nitrogens with two attached hydrogens (primary N) is 1. The van der Waals surface area contributed by atoms with E-state index in [1.807, 2.05) is 25.3 Å². The zero-order valence-electron chi connectivity index (χ0n) is 9.37. The Morgan fingerprint density at radius 2 is 2.06 bits per heavy atom. The molecule has 0 saturated carbocycles. The molecule has 0 fully saturated rings. The van der Waals surface area contributed by atoms with Crippen LogP contribution < -0.4 is 5.73 Å². The minimum absolute atomic E-state index is 0.172.